The molecule has 2 aromatic heterocycles. The smallest absolute Gasteiger partial charge is 0.195 e. The first-order valence-electron chi connectivity index (χ1n) is 6.91. The fourth-order valence-corrected chi connectivity index (χ4v) is 3.05. The van der Waals surface area contributed by atoms with Crippen LogP contribution in [-0.4, -0.2) is 19.7 Å². The molecule has 1 saturated carbocycles. The van der Waals surface area contributed by atoms with Crippen molar-refractivity contribution in [2.45, 2.75) is 38.6 Å². The molecule has 1 aliphatic carbocycles. The largest absolute Gasteiger partial charge is 0.299 e. The van der Waals surface area contributed by atoms with E-state index in [1.807, 2.05) is 18.2 Å². The number of nitrogens with zero attached hydrogens (tertiary/aromatic N) is 3. The monoisotopic (exact) mass is 274 g/mol. The van der Waals surface area contributed by atoms with E-state index in [4.69, 9.17) is 12.2 Å². The van der Waals surface area contributed by atoms with E-state index < -0.39 is 0 Å². The molecule has 1 fully saturated rings. The van der Waals surface area contributed by atoms with Crippen LogP contribution in [0.15, 0.2) is 24.4 Å². The number of H-pyrrole nitrogens is 1. The summed E-state index contributed by atoms with van der Waals surface area (Å²) in [7, 11) is 0. The predicted molar refractivity (Wildman–Crippen MR) is 77.2 cm³/mol. The zero-order valence-electron chi connectivity index (χ0n) is 10.9. The third-order valence-corrected chi connectivity index (χ3v) is 4.20. The van der Waals surface area contributed by atoms with E-state index in [0.717, 1.165) is 24.0 Å². The topological polar surface area (TPSA) is 46.5 Å². The van der Waals surface area contributed by atoms with Crippen molar-refractivity contribution in [1.29, 1.82) is 0 Å². The molecule has 0 spiro atoms. The van der Waals surface area contributed by atoms with E-state index in [1.54, 1.807) is 6.20 Å². The summed E-state index contributed by atoms with van der Waals surface area (Å²) in [5.74, 6) is 1.71. The molecule has 0 atom stereocenters. The standard InChI is InChI=1S/C14H18N4S/c19-14-17-16-13(12-7-3-4-9-15-12)18(14)10-8-11-5-1-2-6-11/h3-4,7,9,11H,1-2,5-6,8,10H2,(H,17,19). The average molecular weight is 274 g/mol. The number of aromatic amines is 1. The van der Waals surface area contributed by atoms with Crippen LogP contribution in [0.3, 0.4) is 0 Å². The van der Waals surface area contributed by atoms with Gasteiger partial charge in [-0.1, -0.05) is 31.7 Å². The van der Waals surface area contributed by atoms with Crippen LogP contribution in [0.2, 0.25) is 0 Å². The van der Waals surface area contributed by atoms with Crippen molar-refractivity contribution >= 4 is 12.2 Å². The highest BCUT2D eigenvalue weighted by Gasteiger charge is 2.16. The van der Waals surface area contributed by atoms with Gasteiger partial charge >= 0.3 is 0 Å². The second-order valence-electron chi connectivity index (χ2n) is 5.16. The fourth-order valence-electron chi connectivity index (χ4n) is 2.83. The van der Waals surface area contributed by atoms with Crippen LogP contribution in [0.4, 0.5) is 0 Å². The molecule has 2 heterocycles. The Morgan fingerprint density at radius 2 is 2.16 bits per heavy atom. The molecule has 19 heavy (non-hydrogen) atoms. The summed E-state index contributed by atoms with van der Waals surface area (Å²) in [6, 6.07) is 5.85. The van der Waals surface area contributed by atoms with Gasteiger partial charge in [-0.15, -0.1) is 0 Å². The molecule has 0 aliphatic heterocycles. The summed E-state index contributed by atoms with van der Waals surface area (Å²) in [5.41, 5.74) is 0.876. The molecular formula is C14H18N4S. The van der Waals surface area contributed by atoms with E-state index in [2.05, 4.69) is 19.7 Å². The Bertz CT molecular complexity index is 581. The first-order valence-corrected chi connectivity index (χ1v) is 7.32. The molecule has 0 amide bonds. The van der Waals surface area contributed by atoms with Crippen molar-refractivity contribution in [1.82, 2.24) is 19.7 Å². The fraction of sp³-hybridized carbons (Fsp3) is 0.500. The van der Waals surface area contributed by atoms with Gasteiger partial charge in [0, 0.05) is 12.7 Å². The van der Waals surface area contributed by atoms with Gasteiger partial charge in [0.05, 0.1) is 0 Å². The number of rotatable bonds is 4. The number of aromatic nitrogens is 4. The van der Waals surface area contributed by atoms with E-state index in [-0.39, 0.29) is 0 Å². The molecule has 100 valence electrons. The molecule has 3 rings (SSSR count). The van der Waals surface area contributed by atoms with Crippen molar-refractivity contribution in [3.63, 3.8) is 0 Å². The number of nitrogens with one attached hydrogen (secondary N) is 1. The van der Waals surface area contributed by atoms with E-state index in [9.17, 15) is 0 Å². The van der Waals surface area contributed by atoms with Crippen LogP contribution in [0.5, 0.6) is 0 Å². The van der Waals surface area contributed by atoms with Crippen molar-refractivity contribution in [3.05, 3.63) is 29.2 Å². The van der Waals surface area contributed by atoms with E-state index in [0.29, 0.717) is 4.77 Å². The summed E-state index contributed by atoms with van der Waals surface area (Å²) in [6.07, 6.45) is 8.47. The Morgan fingerprint density at radius 1 is 1.32 bits per heavy atom. The van der Waals surface area contributed by atoms with Crippen molar-refractivity contribution in [2.75, 3.05) is 0 Å². The molecule has 5 heteroatoms. The van der Waals surface area contributed by atoms with Gasteiger partial charge in [0.1, 0.15) is 5.69 Å². The molecule has 0 saturated heterocycles. The highest BCUT2D eigenvalue weighted by Crippen LogP contribution is 2.28. The maximum absolute atomic E-state index is 5.33. The van der Waals surface area contributed by atoms with Crippen LogP contribution < -0.4 is 0 Å². The summed E-state index contributed by atoms with van der Waals surface area (Å²) in [6.45, 7) is 0.936. The molecule has 2 aromatic rings. The highest BCUT2D eigenvalue weighted by atomic mass is 32.1. The van der Waals surface area contributed by atoms with Gasteiger partial charge in [-0.05, 0) is 36.7 Å². The van der Waals surface area contributed by atoms with Gasteiger partial charge in [0.25, 0.3) is 0 Å². The van der Waals surface area contributed by atoms with Gasteiger partial charge in [-0.3, -0.25) is 14.6 Å². The van der Waals surface area contributed by atoms with Crippen molar-refractivity contribution < 1.29 is 0 Å². The van der Waals surface area contributed by atoms with E-state index >= 15 is 0 Å². The molecule has 0 unspecified atom stereocenters. The maximum atomic E-state index is 5.33. The lowest BCUT2D eigenvalue weighted by Crippen LogP contribution is -2.06. The van der Waals surface area contributed by atoms with Gasteiger partial charge in [0.15, 0.2) is 10.6 Å². The normalized spacial score (nSPS) is 16.0. The van der Waals surface area contributed by atoms with Gasteiger partial charge in [-0.25, -0.2) is 0 Å². The van der Waals surface area contributed by atoms with Crippen molar-refractivity contribution in [3.8, 4) is 11.5 Å². The third kappa shape index (κ3) is 2.76. The summed E-state index contributed by atoms with van der Waals surface area (Å²) in [4.78, 5) is 4.35. The summed E-state index contributed by atoms with van der Waals surface area (Å²) >= 11 is 5.33. The lowest BCUT2D eigenvalue weighted by molar-refractivity contribution is 0.457. The van der Waals surface area contributed by atoms with Crippen LogP contribution in [0.1, 0.15) is 32.1 Å². The van der Waals surface area contributed by atoms with Gasteiger partial charge in [-0.2, -0.15) is 5.10 Å². The average Bonchev–Trinajstić information content (AvgIpc) is 3.07. The van der Waals surface area contributed by atoms with Gasteiger partial charge < -0.3 is 0 Å². The predicted octanol–water partition coefficient (Wildman–Crippen LogP) is 3.58. The van der Waals surface area contributed by atoms with Crippen LogP contribution in [0.25, 0.3) is 11.5 Å². The lowest BCUT2D eigenvalue weighted by Gasteiger charge is -2.10. The minimum Gasteiger partial charge on any atom is -0.299 e. The number of hydrogen-bond donors (Lipinski definition) is 1. The number of hydrogen-bond acceptors (Lipinski definition) is 3. The third-order valence-electron chi connectivity index (χ3n) is 3.89. The lowest BCUT2D eigenvalue weighted by atomic mass is 10.0. The Kier molecular flexibility index (Phi) is 3.73. The molecule has 0 bridgehead atoms. The molecule has 0 aromatic carbocycles. The molecular weight excluding hydrogens is 256 g/mol. The minimum atomic E-state index is 0.693. The zero-order valence-corrected chi connectivity index (χ0v) is 11.7. The summed E-state index contributed by atoms with van der Waals surface area (Å²) in [5, 5.41) is 7.20. The minimum absolute atomic E-state index is 0.693. The number of pyridine rings is 1. The quantitative estimate of drug-likeness (QED) is 0.867. The first-order chi connectivity index (χ1) is 9.34. The second-order valence-corrected chi connectivity index (χ2v) is 5.54. The Labute approximate surface area is 117 Å². The highest BCUT2D eigenvalue weighted by molar-refractivity contribution is 7.71. The molecule has 1 N–H and O–H groups in total. The first kappa shape index (κ1) is 12.5. The SMILES string of the molecule is S=c1[nH]nc(-c2ccccn2)n1CCC1CCCC1. The Morgan fingerprint density at radius 3 is 2.89 bits per heavy atom. The zero-order chi connectivity index (χ0) is 13.1. The Balaban J connectivity index is 1.80. The van der Waals surface area contributed by atoms with E-state index in [1.165, 1.54) is 32.1 Å². The van der Waals surface area contributed by atoms with Crippen LogP contribution in [0, 0.1) is 10.7 Å². The molecule has 4 nitrogen and oxygen atoms in total. The van der Waals surface area contributed by atoms with Crippen LogP contribution >= 0.6 is 12.2 Å². The molecule has 1 aliphatic rings. The molecule has 0 radical (unpaired) electrons. The maximum Gasteiger partial charge on any atom is 0.195 e. The Hall–Kier alpha value is -1.49. The second kappa shape index (κ2) is 5.65. The van der Waals surface area contributed by atoms with Crippen LogP contribution in [-0.2, 0) is 6.54 Å². The van der Waals surface area contributed by atoms with Crippen molar-refractivity contribution in [2.24, 2.45) is 5.92 Å². The summed E-state index contributed by atoms with van der Waals surface area (Å²) < 4.78 is 2.77. The van der Waals surface area contributed by atoms with Gasteiger partial charge in [0.2, 0.25) is 0 Å².